The van der Waals surface area contributed by atoms with Gasteiger partial charge in [-0.05, 0) is 61.6 Å². The van der Waals surface area contributed by atoms with Crippen molar-refractivity contribution in [3.8, 4) is 5.75 Å². The Balaban J connectivity index is 1.20. The second-order valence-corrected chi connectivity index (χ2v) is 9.95. The molecule has 1 aromatic heterocycles. The minimum atomic E-state index is -1.46. The van der Waals surface area contributed by atoms with Gasteiger partial charge in [-0.3, -0.25) is 18.7 Å². The van der Waals surface area contributed by atoms with E-state index in [1.165, 1.54) is 21.0 Å². The van der Waals surface area contributed by atoms with Gasteiger partial charge in [0.1, 0.15) is 6.54 Å². The van der Waals surface area contributed by atoms with Crippen LogP contribution in [0, 0.1) is 17.5 Å². The molecule has 11 heteroatoms. The third-order valence-corrected chi connectivity index (χ3v) is 7.44. The number of aryl methyl sites for hydroxylation is 1. The van der Waals surface area contributed by atoms with E-state index in [-0.39, 0.29) is 30.7 Å². The van der Waals surface area contributed by atoms with Crippen molar-refractivity contribution >= 4 is 28.5 Å². The quantitative estimate of drug-likeness (QED) is 0.326. The van der Waals surface area contributed by atoms with E-state index in [0.29, 0.717) is 43.2 Å². The van der Waals surface area contributed by atoms with E-state index < -0.39 is 34.7 Å². The maximum absolute atomic E-state index is 14.8. The molecule has 1 N–H and O–H groups in total. The smallest absolute Gasteiger partial charge is 0.329 e. The van der Waals surface area contributed by atoms with Gasteiger partial charge in [-0.25, -0.2) is 13.6 Å². The fourth-order valence-corrected chi connectivity index (χ4v) is 5.29. The van der Waals surface area contributed by atoms with E-state index in [9.17, 15) is 27.6 Å². The molecule has 214 valence electrons. The van der Waals surface area contributed by atoms with Crippen molar-refractivity contribution in [3.63, 3.8) is 0 Å². The highest BCUT2D eigenvalue weighted by Crippen LogP contribution is 2.32. The van der Waals surface area contributed by atoms with Crippen LogP contribution in [0.1, 0.15) is 41.6 Å². The summed E-state index contributed by atoms with van der Waals surface area (Å²) in [6, 6.07) is 15.2. The summed E-state index contributed by atoms with van der Waals surface area (Å²) in [6.45, 7) is 1.92. The van der Waals surface area contributed by atoms with E-state index >= 15 is 0 Å². The van der Waals surface area contributed by atoms with E-state index in [0.717, 1.165) is 11.1 Å². The first kappa shape index (κ1) is 28.0. The summed E-state index contributed by atoms with van der Waals surface area (Å²) in [5.41, 5.74) is 2.18. The van der Waals surface area contributed by atoms with Crippen LogP contribution in [0.2, 0.25) is 0 Å². The first-order valence-electron chi connectivity index (χ1n) is 13.3. The molecule has 1 saturated heterocycles. The number of nitrogens with zero attached hydrogens (tertiary/aromatic N) is 3. The number of hydrogen-bond donors (Lipinski definition) is 1. The molecule has 0 saturated carbocycles. The monoisotopic (exact) mass is 566 g/mol. The summed E-state index contributed by atoms with van der Waals surface area (Å²) in [7, 11) is 1.66. The van der Waals surface area contributed by atoms with Crippen molar-refractivity contribution < 1.29 is 27.5 Å². The zero-order valence-electron chi connectivity index (χ0n) is 22.6. The SMILES string of the molecule is CCOc1c(F)c(F)cc(C(=O)N2CCC(c3ccc(NC(=O)Cn4c(=O)n(C)c5ccccc54)cc3)CC2)c1F. The number of para-hydroxylation sites is 2. The fourth-order valence-electron chi connectivity index (χ4n) is 5.29. The van der Waals surface area contributed by atoms with Gasteiger partial charge in [0.2, 0.25) is 11.7 Å². The predicted molar refractivity (Wildman–Crippen MR) is 148 cm³/mol. The minimum absolute atomic E-state index is 0.0803. The molecule has 0 radical (unpaired) electrons. The molecular weight excluding hydrogens is 537 g/mol. The number of imidazole rings is 1. The highest BCUT2D eigenvalue weighted by atomic mass is 19.2. The maximum atomic E-state index is 14.8. The van der Waals surface area contributed by atoms with Crippen LogP contribution < -0.4 is 15.7 Å². The largest absolute Gasteiger partial charge is 0.488 e. The maximum Gasteiger partial charge on any atom is 0.329 e. The van der Waals surface area contributed by atoms with Crippen molar-refractivity contribution in [1.82, 2.24) is 14.0 Å². The molecule has 0 aliphatic carbocycles. The Morgan fingerprint density at radius 3 is 2.29 bits per heavy atom. The third-order valence-electron chi connectivity index (χ3n) is 7.44. The van der Waals surface area contributed by atoms with Crippen LogP contribution in [-0.2, 0) is 18.4 Å². The van der Waals surface area contributed by atoms with Gasteiger partial charge in [0, 0.05) is 25.8 Å². The molecule has 0 bridgehead atoms. The normalized spacial score (nSPS) is 13.9. The summed E-state index contributed by atoms with van der Waals surface area (Å²) in [4.78, 5) is 39.7. The van der Waals surface area contributed by atoms with E-state index in [1.807, 2.05) is 30.3 Å². The van der Waals surface area contributed by atoms with Gasteiger partial charge >= 0.3 is 5.69 Å². The Labute approximate surface area is 233 Å². The number of rotatable bonds is 7. The number of hydrogen-bond acceptors (Lipinski definition) is 4. The van der Waals surface area contributed by atoms with Gasteiger partial charge < -0.3 is 15.0 Å². The topological polar surface area (TPSA) is 85.6 Å². The molecule has 0 unspecified atom stereocenters. The number of benzene rings is 3. The van der Waals surface area contributed by atoms with Crippen LogP contribution in [0.25, 0.3) is 11.0 Å². The number of halogens is 3. The van der Waals surface area contributed by atoms with Crippen molar-refractivity contribution in [2.75, 3.05) is 25.0 Å². The number of likely N-dealkylation sites (tertiary alicyclic amines) is 1. The standard InChI is InChI=1S/C30H29F3N4O4/c1-3-41-28-26(32)21(16-22(31)27(28)33)29(39)36-14-12-19(13-15-36)18-8-10-20(11-9-18)34-25(38)17-37-24-7-5-4-6-23(24)35(2)30(37)40/h4-11,16,19H,3,12-15,17H2,1-2H3,(H,34,38). The molecule has 4 aromatic rings. The molecule has 5 rings (SSSR count). The number of anilines is 1. The summed E-state index contributed by atoms with van der Waals surface area (Å²) < 4.78 is 50.5. The van der Waals surface area contributed by atoms with E-state index in [4.69, 9.17) is 4.74 Å². The molecule has 2 heterocycles. The minimum Gasteiger partial charge on any atom is -0.488 e. The van der Waals surface area contributed by atoms with Gasteiger partial charge in [0.15, 0.2) is 17.4 Å². The molecule has 0 atom stereocenters. The second kappa shape index (κ2) is 11.5. The molecule has 41 heavy (non-hydrogen) atoms. The molecule has 0 spiro atoms. The Bertz CT molecular complexity index is 1670. The van der Waals surface area contributed by atoms with Crippen molar-refractivity contribution in [3.05, 3.63) is 93.7 Å². The molecule has 1 aliphatic heterocycles. The molecule has 2 amide bonds. The number of amides is 2. The van der Waals surface area contributed by atoms with Crippen LogP contribution in [0.5, 0.6) is 5.75 Å². The van der Waals surface area contributed by atoms with Gasteiger partial charge in [-0.1, -0.05) is 24.3 Å². The van der Waals surface area contributed by atoms with Crippen LogP contribution in [0.4, 0.5) is 18.9 Å². The average Bonchev–Trinajstić information content (AvgIpc) is 3.22. The summed E-state index contributed by atoms with van der Waals surface area (Å²) in [6.07, 6.45) is 1.18. The molecule has 1 aliphatic rings. The zero-order valence-corrected chi connectivity index (χ0v) is 22.6. The summed E-state index contributed by atoms with van der Waals surface area (Å²) in [5.74, 6) is -5.83. The zero-order chi connectivity index (χ0) is 29.3. The summed E-state index contributed by atoms with van der Waals surface area (Å²) in [5, 5.41) is 2.83. The Hall–Kier alpha value is -4.54. The Kier molecular flexibility index (Phi) is 7.87. The van der Waals surface area contributed by atoms with E-state index in [2.05, 4.69) is 5.32 Å². The molecular formula is C30H29F3N4O4. The fraction of sp³-hybridized carbons (Fsp3) is 0.300. The van der Waals surface area contributed by atoms with Gasteiger partial charge in [0.05, 0.1) is 23.2 Å². The lowest BCUT2D eigenvalue weighted by Gasteiger charge is -2.32. The number of fused-ring (bicyclic) bond motifs is 1. The Morgan fingerprint density at radius 2 is 1.63 bits per heavy atom. The number of nitrogens with one attached hydrogen (secondary N) is 1. The molecule has 8 nitrogen and oxygen atoms in total. The van der Waals surface area contributed by atoms with E-state index in [1.54, 1.807) is 25.2 Å². The van der Waals surface area contributed by atoms with Crippen molar-refractivity contribution in [1.29, 1.82) is 0 Å². The van der Waals surface area contributed by atoms with Crippen LogP contribution >= 0.6 is 0 Å². The number of ether oxygens (including phenoxy) is 1. The van der Waals surface area contributed by atoms with Crippen LogP contribution in [-0.4, -0.2) is 45.5 Å². The first-order chi connectivity index (χ1) is 19.7. The number of carbonyl (C=O) groups excluding carboxylic acids is 2. The van der Waals surface area contributed by atoms with Gasteiger partial charge in [-0.15, -0.1) is 0 Å². The first-order valence-corrected chi connectivity index (χ1v) is 13.3. The lowest BCUT2D eigenvalue weighted by Crippen LogP contribution is -2.38. The predicted octanol–water partition coefficient (Wildman–Crippen LogP) is 4.81. The summed E-state index contributed by atoms with van der Waals surface area (Å²) >= 11 is 0. The lowest BCUT2D eigenvalue weighted by molar-refractivity contribution is -0.116. The number of piperidine rings is 1. The number of carbonyl (C=O) groups is 2. The molecule has 1 fully saturated rings. The number of aromatic nitrogens is 2. The van der Waals surface area contributed by atoms with Crippen LogP contribution in [0.15, 0.2) is 59.4 Å². The van der Waals surface area contributed by atoms with Crippen LogP contribution in [0.3, 0.4) is 0 Å². The van der Waals surface area contributed by atoms with Gasteiger partial charge in [-0.2, -0.15) is 4.39 Å². The van der Waals surface area contributed by atoms with Crippen molar-refractivity contribution in [2.45, 2.75) is 32.2 Å². The third kappa shape index (κ3) is 5.44. The van der Waals surface area contributed by atoms with Crippen molar-refractivity contribution in [2.24, 2.45) is 7.05 Å². The second-order valence-electron chi connectivity index (χ2n) is 9.95. The van der Waals surface area contributed by atoms with Gasteiger partial charge in [0.25, 0.3) is 5.91 Å². The highest BCUT2D eigenvalue weighted by Gasteiger charge is 2.30. The highest BCUT2D eigenvalue weighted by molar-refractivity contribution is 5.95. The lowest BCUT2D eigenvalue weighted by atomic mass is 9.89. The molecule has 3 aromatic carbocycles. The Morgan fingerprint density at radius 1 is 0.976 bits per heavy atom. The average molecular weight is 567 g/mol.